The van der Waals surface area contributed by atoms with Crippen LogP contribution in [0, 0.1) is 0 Å². The van der Waals surface area contributed by atoms with Gasteiger partial charge in [0, 0.05) is 24.5 Å². The van der Waals surface area contributed by atoms with Crippen molar-refractivity contribution in [2.45, 2.75) is 18.6 Å². The van der Waals surface area contributed by atoms with Crippen LogP contribution in [-0.4, -0.2) is 34.1 Å². The van der Waals surface area contributed by atoms with Gasteiger partial charge in [-0.15, -0.1) is 0 Å². The normalized spacial score (nSPS) is 20.9. The third-order valence-corrected chi connectivity index (χ3v) is 3.85. The van der Waals surface area contributed by atoms with Gasteiger partial charge in [0.2, 0.25) is 5.28 Å². The standard InChI is InChI=1S/C10H14ClN3S/c1-2-15-8-4-6-14(7-8)9-3-5-12-10(11)13-9/h3,5,8H,2,4,6-7H2,1H3. The van der Waals surface area contributed by atoms with Gasteiger partial charge >= 0.3 is 0 Å². The zero-order valence-corrected chi connectivity index (χ0v) is 10.3. The van der Waals surface area contributed by atoms with Crippen LogP contribution in [0.3, 0.4) is 0 Å². The molecule has 1 atom stereocenters. The van der Waals surface area contributed by atoms with Crippen molar-refractivity contribution in [1.29, 1.82) is 0 Å². The Morgan fingerprint density at radius 2 is 2.53 bits per heavy atom. The second kappa shape index (κ2) is 5.03. The van der Waals surface area contributed by atoms with Gasteiger partial charge in [-0.2, -0.15) is 11.8 Å². The monoisotopic (exact) mass is 243 g/mol. The fourth-order valence-corrected chi connectivity index (χ4v) is 2.98. The van der Waals surface area contributed by atoms with Crippen molar-refractivity contribution in [1.82, 2.24) is 9.97 Å². The molecule has 2 heterocycles. The molecule has 0 saturated carbocycles. The second-order valence-electron chi connectivity index (χ2n) is 3.50. The average Bonchev–Trinajstić information content (AvgIpc) is 2.67. The summed E-state index contributed by atoms with van der Waals surface area (Å²) in [5.74, 6) is 2.14. The molecular weight excluding hydrogens is 230 g/mol. The lowest BCUT2D eigenvalue weighted by Crippen LogP contribution is -2.21. The molecule has 2 rings (SSSR count). The van der Waals surface area contributed by atoms with Crippen molar-refractivity contribution in [2.24, 2.45) is 0 Å². The van der Waals surface area contributed by atoms with Gasteiger partial charge in [-0.05, 0) is 29.8 Å². The molecule has 0 aliphatic carbocycles. The predicted molar refractivity (Wildman–Crippen MR) is 65.8 cm³/mol. The summed E-state index contributed by atoms with van der Waals surface area (Å²) in [4.78, 5) is 10.4. The van der Waals surface area contributed by atoms with E-state index < -0.39 is 0 Å². The Labute approximate surface area is 99.2 Å². The molecule has 0 spiro atoms. The molecule has 1 aromatic rings. The number of halogens is 1. The molecule has 1 saturated heterocycles. The molecule has 1 aliphatic rings. The van der Waals surface area contributed by atoms with E-state index in [-0.39, 0.29) is 0 Å². The van der Waals surface area contributed by atoms with Gasteiger partial charge in [-0.1, -0.05) is 6.92 Å². The number of rotatable bonds is 3. The van der Waals surface area contributed by atoms with E-state index >= 15 is 0 Å². The van der Waals surface area contributed by atoms with Crippen LogP contribution in [-0.2, 0) is 0 Å². The van der Waals surface area contributed by atoms with Crippen LogP contribution in [0.15, 0.2) is 12.3 Å². The van der Waals surface area contributed by atoms with Gasteiger partial charge in [0.15, 0.2) is 0 Å². The molecule has 1 aromatic heterocycles. The second-order valence-corrected chi connectivity index (χ2v) is 5.41. The molecule has 1 fully saturated rings. The average molecular weight is 244 g/mol. The van der Waals surface area contributed by atoms with Crippen molar-refractivity contribution >= 4 is 29.2 Å². The summed E-state index contributed by atoms with van der Waals surface area (Å²) in [6, 6.07) is 1.92. The lowest BCUT2D eigenvalue weighted by atomic mass is 10.4. The number of aromatic nitrogens is 2. The SMILES string of the molecule is CCSC1CCN(c2ccnc(Cl)n2)C1. The zero-order chi connectivity index (χ0) is 10.7. The third-order valence-electron chi connectivity index (χ3n) is 2.48. The van der Waals surface area contributed by atoms with Crippen LogP contribution >= 0.6 is 23.4 Å². The fourth-order valence-electron chi connectivity index (χ4n) is 1.81. The number of nitrogens with zero attached hydrogens (tertiary/aromatic N) is 3. The van der Waals surface area contributed by atoms with Gasteiger partial charge < -0.3 is 4.90 Å². The molecule has 82 valence electrons. The van der Waals surface area contributed by atoms with Crippen LogP contribution in [0.4, 0.5) is 5.82 Å². The summed E-state index contributed by atoms with van der Waals surface area (Å²) < 4.78 is 0. The van der Waals surface area contributed by atoms with Crippen molar-refractivity contribution < 1.29 is 0 Å². The fraction of sp³-hybridized carbons (Fsp3) is 0.600. The van der Waals surface area contributed by atoms with Crippen LogP contribution in [0.25, 0.3) is 0 Å². The number of anilines is 1. The van der Waals surface area contributed by atoms with Gasteiger partial charge in [0.1, 0.15) is 5.82 Å². The Balaban J connectivity index is 2.01. The van der Waals surface area contributed by atoms with E-state index in [1.807, 2.05) is 17.8 Å². The highest BCUT2D eigenvalue weighted by atomic mass is 35.5. The maximum atomic E-state index is 5.77. The van der Waals surface area contributed by atoms with E-state index in [1.165, 1.54) is 12.2 Å². The van der Waals surface area contributed by atoms with E-state index in [4.69, 9.17) is 11.6 Å². The Bertz CT molecular complexity index is 334. The van der Waals surface area contributed by atoms with E-state index in [1.54, 1.807) is 6.20 Å². The smallest absolute Gasteiger partial charge is 0.224 e. The van der Waals surface area contributed by atoms with Gasteiger partial charge in [-0.25, -0.2) is 9.97 Å². The van der Waals surface area contributed by atoms with Gasteiger partial charge in [0.25, 0.3) is 0 Å². The van der Waals surface area contributed by atoms with E-state index in [0.717, 1.165) is 24.2 Å². The molecule has 0 aromatic carbocycles. The summed E-state index contributed by atoms with van der Waals surface area (Å²) in [7, 11) is 0. The molecule has 1 aliphatic heterocycles. The molecule has 0 N–H and O–H groups in total. The van der Waals surface area contributed by atoms with E-state index in [9.17, 15) is 0 Å². The Kier molecular flexibility index (Phi) is 3.70. The minimum atomic E-state index is 0.332. The first-order chi connectivity index (χ1) is 7.29. The maximum Gasteiger partial charge on any atom is 0.224 e. The molecular formula is C10H14ClN3S. The van der Waals surface area contributed by atoms with Crippen molar-refractivity contribution in [3.05, 3.63) is 17.5 Å². The van der Waals surface area contributed by atoms with Crippen LogP contribution in [0.5, 0.6) is 0 Å². The minimum Gasteiger partial charge on any atom is -0.355 e. The molecule has 0 amide bonds. The highest BCUT2D eigenvalue weighted by Gasteiger charge is 2.23. The summed E-state index contributed by atoms with van der Waals surface area (Å²) in [6.45, 7) is 4.35. The van der Waals surface area contributed by atoms with E-state index in [2.05, 4.69) is 21.8 Å². The zero-order valence-electron chi connectivity index (χ0n) is 8.69. The van der Waals surface area contributed by atoms with Crippen molar-refractivity contribution in [3.8, 4) is 0 Å². The summed E-state index contributed by atoms with van der Waals surface area (Å²) in [5, 5.41) is 1.07. The Hall–Kier alpha value is -0.480. The topological polar surface area (TPSA) is 29.0 Å². The third kappa shape index (κ3) is 2.75. The van der Waals surface area contributed by atoms with Crippen LogP contribution < -0.4 is 4.90 Å². The number of hydrogen-bond donors (Lipinski definition) is 0. The lowest BCUT2D eigenvalue weighted by Gasteiger charge is -2.16. The highest BCUT2D eigenvalue weighted by Crippen LogP contribution is 2.25. The molecule has 5 heteroatoms. The quantitative estimate of drug-likeness (QED) is 0.763. The molecule has 15 heavy (non-hydrogen) atoms. The number of thioether (sulfide) groups is 1. The molecule has 0 radical (unpaired) electrons. The minimum absolute atomic E-state index is 0.332. The first kappa shape index (κ1) is 11.0. The molecule has 1 unspecified atom stereocenters. The Morgan fingerprint density at radius 1 is 1.67 bits per heavy atom. The number of hydrogen-bond acceptors (Lipinski definition) is 4. The van der Waals surface area contributed by atoms with Gasteiger partial charge in [0.05, 0.1) is 0 Å². The first-order valence-corrected chi connectivity index (χ1v) is 6.57. The van der Waals surface area contributed by atoms with E-state index in [0.29, 0.717) is 5.28 Å². The predicted octanol–water partition coefficient (Wildman–Crippen LogP) is 2.46. The van der Waals surface area contributed by atoms with Crippen molar-refractivity contribution in [3.63, 3.8) is 0 Å². The first-order valence-electron chi connectivity index (χ1n) is 5.14. The highest BCUT2D eigenvalue weighted by molar-refractivity contribution is 7.99. The van der Waals surface area contributed by atoms with Crippen molar-refractivity contribution in [2.75, 3.05) is 23.7 Å². The lowest BCUT2D eigenvalue weighted by molar-refractivity contribution is 0.928. The Morgan fingerprint density at radius 3 is 3.27 bits per heavy atom. The summed E-state index contributed by atoms with van der Waals surface area (Å²) in [6.07, 6.45) is 2.95. The summed E-state index contributed by atoms with van der Waals surface area (Å²) >= 11 is 7.79. The summed E-state index contributed by atoms with van der Waals surface area (Å²) in [5.41, 5.74) is 0. The maximum absolute atomic E-state index is 5.77. The largest absolute Gasteiger partial charge is 0.355 e. The molecule has 3 nitrogen and oxygen atoms in total. The molecule has 0 bridgehead atoms. The van der Waals surface area contributed by atoms with Crippen LogP contribution in [0.1, 0.15) is 13.3 Å². The van der Waals surface area contributed by atoms with Crippen LogP contribution in [0.2, 0.25) is 5.28 Å². The van der Waals surface area contributed by atoms with Gasteiger partial charge in [-0.3, -0.25) is 0 Å².